The molecule has 0 fully saturated rings. The zero-order chi connectivity index (χ0) is 14.5. The summed E-state index contributed by atoms with van der Waals surface area (Å²) in [6.07, 6.45) is 0.864. The quantitative estimate of drug-likeness (QED) is 0.885. The summed E-state index contributed by atoms with van der Waals surface area (Å²) in [6, 6.07) is 6.18. The summed E-state index contributed by atoms with van der Waals surface area (Å²) in [6.45, 7) is 7.84. The summed E-state index contributed by atoms with van der Waals surface area (Å²) in [7, 11) is 1.96. The highest BCUT2D eigenvalue weighted by atomic mass is 32.1. The molecule has 0 spiro atoms. The van der Waals surface area contributed by atoms with Gasteiger partial charge in [0.15, 0.2) is 0 Å². The third-order valence-corrected chi connectivity index (χ3v) is 4.62. The van der Waals surface area contributed by atoms with Gasteiger partial charge in [-0.15, -0.1) is 11.3 Å². The molecule has 20 heavy (non-hydrogen) atoms. The van der Waals surface area contributed by atoms with E-state index < -0.39 is 0 Å². The Hall–Kier alpha value is -1.39. The first-order chi connectivity index (χ1) is 9.61. The number of aromatic nitrogens is 1. The summed E-state index contributed by atoms with van der Waals surface area (Å²) in [5, 5.41) is 4.32. The molecule has 0 saturated heterocycles. The van der Waals surface area contributed by atoms with Crippen LogP contribution in [0.15, 0.2) is 18.2 Å². The van der Waals surface area contributed by atoms with Gasteiger partial charge in [-0.3, -0.25) is 0 Å². The minimum absolute atomic E-state index is 0.677. The zero-order valence-electron chi connectivity index (χ0n) is 12.6. The fourth-order valence-corrected chi connectivity index (χ4v) is 3.11. The largest absolute Gasteiger partial charge is 0.493 e. The van der Waals surface area contributed by atoms with E-state index in [1.807, 2.05) is 19.2 Å². The van der Waals surface area contributed by atoms with E-state index in [9.17, 15) is 0 Å². The minimum Gasteiger partial charge on any atom is -0.493 e. The molecule has 3 nitrogen and oxygen atoms in total. The van der Waals surface area contributed by atoms with Crippen molar-refractivity contribution < 1.29 is 4.74 Å². The van der Waals surface area contributed by atoms with E-state index in [1.165, 1.54) is 16.0 Å². The lowest BCUT2D eigenvalue weighted by Gasteiger charge is -2.09. The Balaban J connectivity index is 1.92. The highest BCUT2D eigenvalue weighted by Gasteiger charge is 2.07. The Labute approximate surface area is 125 Å². The molecule has 0 atom stereocenters. The lowest BCUT2D eigenvalue weighted by Crippen LogP contribution is -2.04. The van der Waals surface area contributed by atoms with Crippen LogP contribution in [0.5, 0.6) is 5.75 Å². The Morgan fingerprint density at radius 2 is 2.05 bits per heavy atom. The van der Waals surface area contributed by atoms with Crippen molar-refractivity contribution in [2.75, 3.05) is 13.7 Å². The number of nitrogens with zero attached hydrogens (tertiary/aromatic N) is 1. The van der Waals surface area contributed by atoms with E-state index in [1.54, 1.807) is 11.3 Å². The molecular formula is C16H22N2OS. The van der Waals surface area contributed by atoms with Crippen molar-refractivity contribution in [2.45, 2.75) is 33.7 Å². The van der Waals surface area contributed by atoms with Crippen LogP contribution in [0.25, 0.3) is 0 Å². The van der Waals surface area contributed by atoms with Crippen molar-refractivity contribution in [1.82, 2.24) is 10.3 Å². The first-order valence-corrected chi connectivity index (χ1v) is 7.72. The molecule has 2 rings (SSSR count). The molecule has 0 aliphatic heterocycles. The van der Waals surface area contributed by atoms with Crippen LogP contribution in [-0.4, -0.2) is 18.6 Å². The number of rotatable bonds is 6. The molecule has 0 aliphatic carbocycles. The third kappa shape index (κ3) is 3.58. The van der Waals surface area contributed by atoms with Crippen LogP contribution < -0.4 is 10.1 Å². The summed E-state index contributed by atoms with van der Waals surface area (Å²) in [5.74, 6) is 0.980. The molecule has 1 aromatic carbocycles. The monoisotopic (exact) mass is 290 g/mol. The van der Waals surface area contributed by atoms with E-state index in [0.717, 1.165) is 29.4 Å². The first kappa shape index (κ1) is 15.0. The Morgan fingerprint density at radius 1 is 1.25 bits per heavy atom. The predicted octanol–water partition coefficient (Wildman–Crippen LogP) is 3.41. The molecule has 0 radical (unpaired) electrons. The van der Waals surface area contributed by atoms with Gasteiger partial charge < -0.3 is 10.1 Å². The van der Waals surface area contributed by atoms with Crippen LogP contribution in [0.2, 0.25) is 0 Å². The molecule has 2 aromatic rings. The molecule has 0 aliphatic rings. The number of ether oxygens (including phenoxy) is 1. The molecule has 4 heteroatoms. The maximum Gasteiger partial charge on any atom is 0.122 e. The second-order valence-corrected chi connectivity index (χ2v) is 6.11. The Morgan fingerprint density at radius 3 is 2.80 bits per heavy atom. The van der Waals surface area contributed by atoms with E-state index in [2.05, 4.69) is 37.1 Å². The fourth-order valence-electron chi connectivity index (χ4n) is 2.05. The number of benzene rings is 1. The first-order valence-electron chi connectivity index (χ1n) is 6.90. The highest BCUT2D eigenvalue weighted by Crippen LogP contribution is 2.22. The highest BCUT2D eigenvalue weighted by molar-refractivity contribution is 7.11. The lowest BCUT2D eigenvalue weighted by molar-refractivity contribution is 0.319. The summed E-state index contributed by atoms with van der Waals surface area (Å²) in [5.41, 5.74) is 3.62. The summed E-state index contributed by atoms with van der Waals surface area (Å²) < 4.78 is 5.88. The lowest BCUT2D eigenvalue weighted by atomic mass is 10.1. The SMILES string of the molecule is CNCc1sc(CCOc2cccc(C)c2C)nc1C. The average Bonchev–Trinajstić information content (AvgIpc) is 2.76. The van der Waals surface area contributed by atoms with Crippen LogP contribution in [0.1, 0.15) is 26.7 Å². The number of thiazole rings is 1. The average molecular weight is 290 g/mol. The standard InChI is InChI=1S/C16H22N2OS/c1-11-6-5-7-14(12(11)2)19-9-8-16-18-13(3)15(20-16)10-17-4/h5-7,17H,8-10H2,1-4H3. The molecule has 1 N–H and O–H groups in total. The van der Waals surface area contributed by atoms with Gasteiger partial charge in [0.25, 0.3) is 0 Å². The molecule has 0 saturated carbocycles. The second kappa shape index (κ2) is 6.86. The number of hydrogen-bond donors (Lipinski definition) is 1. The van der Waals surface area contributed by atoms with Crippen LogP contribution >= 0.6 is 11.3 Å². The maximum atomic E-state index is 5.88. The molecule has 0 unspecified atom stereocenters. The number of aryl methyl sites for hydroxylation is 2. The van der Waals surface area contributed by atoms with E-state index in [4.69, 9.17) is 4.74 Å². The van der Waals surface area contributed by atoms with Gasteiger partial charge in [-0.05, 0) is 45.0 Å². The molecular weight excluding hydrogens is 268 g/mol. The normalized spacial score (nSPS) is 10.8. The molecule has 1 heterocycles. The molecule has 0 amide bonds. The van der Waals surface area contributed by atoms with Gasteiger partial charge in [-0.2, -0.15) is 0 Å². The van der Waals surface area contributed by atoms with Gasteiger partial charge >= 0.3 is 0 Å². The number of nitrogens with one attached hydrogen (secondary N) is 1. The van der Waals surface area contributed by atoms with Crippen LogP contribution in [0.4, 0.5) is 0 Å². The predicted molar refractivity (Wildman–Crippen MR) is 84.7 cm³/mol. The van der Waals surface area contributed by atoms with Crippen molar-refractivity contribution in [3.8, 4) is 5.75 Å². The molecule has 0 bridgehead atoms. The molecule has 108 valence electrons. The number of hydrogen-bond acceptors (Lipinski definition) is 4. The zero-order valence-corrected chi connectivity index (χ0v) is 13.4. The topological polar surface area (TPSA) is 34.1 Å². The van der Waals surface area contributed by atoms with E-state index in [0.29, 0.717) is 6.61 Å². The summed E-state index contributed by atoms with van der Waals surface area (Å²) >= 11 is 1.77. The van der Waals surface area contributed by atoms with Crippen LogP contribution in [0, 0.1) is 20.8 Å². The van der Waals surface area contributed by atoms with Gasteiger partial charge in [-0.1, -0.05) is 12.1 Å². The minimum atomic E-state index is 0.677. The van der Waals surface area contributed by atoms with Gasteiger partial charge in [0.05, 0.1) is 17.3 Å². The van der Waals surface area contributed by atoms with Crippen molar-refractivity contribution in [2.24, 2.45) is 0 Å². The summed E-state index contributed by atoms with van der Waals surface area (Å²) in [4.78, 5) is 5.91. The van der Waals surface area contributed by atoms with Crippen molar-refractivity contribution in [3.05, 3.63) is 44.9 Å². The van der Waals surface area contributed by atoms with Gasteiger partial charge in [0.1, 0.15) is 5.75 Å². The Kier molecular flexibility index (Phi) is 5.15. The van der Waals surface area contributed by atoms with Gasteiger partial charge in [0.2, 0.25) is 0 Å². The van der Waals surface area contributed by atoms with Crippen LogP contribution in [0.3, 0.4) is 0 Å². The fraction of sp³-hybridized carbons (Fsp3) is 0.438. The second-order valence-electron chi connectivity index (χ2n) is 4.94. The van der Waals surface area contributed by atoms with Gasteiger partial charge in [0, 0.05) is 17.8 Å². The maximum absolute atomic E-state index is 5.88. The third-order valence-electron chi connectivity index (χ3n) is 3.40. The smallest absolute Gasteiger partial charge is 0.122 e. The van der Waals surface area contributed by atoms with Gasteiger partial charge in [-0.25, -0.2) is 4.98 Å². The van der Waals surface area contributed by atoms with E-state index >= 15 is 0 Å². The molecule has 1 aromatic heterocycles. The van der Waals surface area contributed by atoms with Crippen molar-refractivity contribution in [3.63, 3.8) is 0 Å². The van der Waals surface area contributed by atoms with E-state index in [-0.39, 0.29) is 0 Å². The van der Waals surface area contributed by atoms with Crippen molar-refractivity contribution >= 4 is 11.3 Å². The van der Waals surface area contributed by atoms with Crippen LogP contribution in [-0.2, 0) is 13.0 Å². The van der Waals surface area contributed by atoms with Crippen molar-refractivity contribution in [1.29, 1.82) is 0 Å². The Bertz CT molecular complexity index is 578.